The minimum Gasteiger partial charge on any atom is -0.308 e. The number of hydrogen-bond acceptors (Lipinski definition) is 2. The molecule has 6 nitrogen and oxygen atoms in total. The Hall–Kier alpha value is -8.32. The third-order valence-corrected chi connectivity index (χ3v) is 10.9. The molecule has 0 atom stereocenters. The summed E-state index contributed by atoms with van der Waals surface area (Å²) in [7, 11) is 0. The van der Waals surface area contributed by atoms with Gasteiger partial charge in [0.25, 0.3) is 11.8 Å². The van der Waals surface area contributed by atoms with E-state index < -0.39 is 11.8 Å². The maximum Gasteiger partial charge on any atom is 0.268 e. The minimum absolute atomic E-state index is 0.316. The van der Waals surface area contributed by atoms with Gasteiger partial charge in [-0.3, -0.25) is 9.59 Å². The second-order valence-corrected chi connectivity index (χ2v) is 14.2. The van der Waals surface area contributed by atoms with Crippen molar-refractivity contribution in [1.29, 1.82) is 0 Å². The molecule has 58 heavy (non-hydrogen) atoms. The molecule has 1 aromatic heterocycles. The fourth-order valence-corrected chi connectivity index (χ4v) is 8.31. The van der Waals surface area contributed by atoms with Gasteiger partial charge >= 0.3 is 0 Å². The molecule has 10 rings (SSSR count). The van der Waals surface area contributed by atoms with Crippen LogP contribution in [0.15, 0.2) is 182 Å². The lowest BCUT2D eigenvalue weighted by molar-refractivity contribution is 0.0926. The van der Waals surface area contributed by atoms with E-state index in [4.69, 9.17) is 13.1 Å². The van der Waals surface area contributed by atoms with Crippen molar-refractivity contribution < 1.29 is 9.59 Å². The van der Waals surface area contributed by atoms with Crippen LogP contribution in [0.5, 0.6) is 0 Å². The molecular formula is C52H30N4O2. The molecule has 0 saturated carbocycles. The van der Waals surface area contributed by atoms with Gasteiger partial charge in [-0.2, -0.15) is 0 Å². The summed E-state index contributed by atoms with van der Waals surface area (Å²) in [5.74, 6) is -0.807. The zero-order valence-corrected chi connectivity index (χ0v) is 30.9. The highest BCUT2D eigenvalue weighted by molar-refractivity contribution is 6.37. The van der Waals surface area contributed by atoms with Crippen molar-refractivity contribution in [2.24, 2.45) is 0 Å². The average molecular weight is 743 g/mol. The summed E-state index contributed by atoms with van der Waals surface area (Å²) in [5.41, 5.74) is 11.0. The van der Waals surface area contributed by atoms with Crippen LogP contribution >= 0.6 is 0 Å². The summed E-state index contributed by atoms with van der Waals surface area (Å²) in [6, 6.07) is 58.8. The fraction of sp³-hybridized carbons (Fsp3) is 0. The Kier molecular flexibility index (Phi) is 8.11. The van der Waals surface area contributed by atoms with Crippen molar-refractivity contribution in [3.63, 3.8) is 0 Å². The number of nitrogens with zero attached hydrogens (tertiary/aromatic N) is 4. The molecule has 0 aliphatic carbocycles. The molecule has 2 amide bonds. The maximum atomic E-state index is 15.4. The fourth-order valence-electron chi connectivity index (χ4n) is 8.31. The lowest BCUT2D eigenvalue weighted by atomic mass is 9.90. The SMILES string of the molecule is [C-]#[N+]c1cc([N+]#[C-])cc(-c2ccc3c4ccccc4n(-c4cccc5c4C(=O)N(c4c(-c6ccccc6)cc(-c6ccccc6)cc4-c4ccccc4)C5=O)c3c2)c1. The van der Waals surface area contributed by atoms with Crippen molar-refractivity contribution in [1.82, 2.24) is 4.57 Å². The van der Waals surface area contributed by atoms with Crippen LogP contribution in [-0.4, -0.2) is 16.4 Å². The number of para-hydroxylation sites is 1. The van der Waals surface area contributed by atoms with Gasteiger partial charge in [0, 0.05) is 21.9 Å². The Morgan fingerprint density at radius 1 is 0.397 bits per heavy atom. The molecule has 0 spiro atoms. The van der Waals surface area contributed by atoms with Crippen LogP contribution in [0.25, 0.3) is 81.7 Å². The number of aromatic nitrogens is 1. The molecule has 0 N–H and O–H groups in total. The summed E-state index contributed by atoms with van der Waals surface area (Å²) in [6.45, 7) is 15.3. The van der Waals surface area contributed by atoms with Crippen LogP contribution in [0.2, 0.25) is 0 Å². The first-order chi connectivity index (χ1) is 28.5. The van der Waals surface area contributed by atoms with Crippen LogP contribution in [0.4, 0.5) is 17.1 Å². The molecule has 6 heteroatoms. The van der Waals surface area contributed by atoms with Gasteiger partial charge in [0.2, 0.25) is 0 Å². The highest BCUT2D eigenvalue weighted by atomic mass is 16.2. The van der Waals surface area contributed by atoms with Gasteiger partial charge in [-0.05, 0) is 69.8 Å². The third kappa shape index (κ3) is 5.48. The molecule has 0 fully saturated rings. The van der Waals surface area contributed by atoms with E-state index in [0.717, 1.165) is 66.3 Å². The van der Waals surface area contributed by atoms with Gasteiger partial charge in [0.05, 0.1) is 46.7 Å². The van der Waals surface area contributed by atoms with E-state index in [-0.39, 0.29) is 0 Å². The Bertz CT molecular complexity index is 3130. The van der Waals surface area contributed by atoms with E-state index in [1.54, 1.807) is 24.3 Å². The standard InChI is InChI=1S/C52H30N4O2/c1-53-39-27-37(28-40(32-39)54-2)36-25-26-42-41-21-12-13-23-46(41)55(48(42)31-36)47-24-14-22-43-49(47)52(58)56(51(43)57)50-44(34-17-8-4-9-18-34)29-38(33-15-6-3-7-16-33)30-45(50)35-19-10-5-11-20-35/h3-32H. The van der Waals surface area contributed by atoms with Crippen molar-refractivity contribution in [2.45, 2.75) is 0 Å². The quantitative estimate of drug-likeness (QED) is 0.126. The van der Waals surface area contributed by atoms with E-state index in [0.29, 0.717) is 33.9 Å². The Labute approximate surface area is 334 Å². The van der Waals surface area contributed by atoms with Crippen molar-refractivity contribution in [2.75, 3.05) is 4.90 Å². The molecule has 270 valence electrons. The van der Waals surface area contributed by atoms with Gasteiger partial charge < -0.3 is 4.57 Å². The van der Waals surface area contributed by atoms with E-state index in [9.17, 15) is 4.79 Å². The number of amides is 2. The highest BCUT2D eigenvalue weighted by Crippen LogP contribution is 2.47. The van der Waals surface area contributed by atoms with Crippen molar-refractivity contribution in [3.05, 3.63) is 216 Å². The highest BCUT2D eigenvalue weighted by Gasteiger charge is 2.41. The monoisotopic (exact) mass is 742 g/mol. The Morgan fingerprint density at radius 2 is 0.948 bits per heavy atom. The summed E-state index contributed by atoms with van der Waals surface area (Å²) >= 11 is 0. The average Bonchev–Trinajstić information content (AvgIpc) is 3.76. The molecule has 2 heterocycles. The smallest absolute Gasteiger partial charge is 0.268 e. The topological polar surface area (TPSA) is 51.0 Å². The number of benzene rings is 8. The first-order valence-electron chi connectivity index (χ1n) is 18.8. The summed E-state index contributed by atoms with van der Waals surface area (Å²) in [4.78, 5) is 39.0. The maximum absolute atomic E-state index is 15.4. The van der Waals surface area contributed by atoms with Gasteiger partial charge in [-0.15, -0.1) is 0 Å². The van der Waals surface area contributed by atoms with Crippen LogP contribution in [0.3, 0.4) is 0 Å². The largest absolute Gasteiger partial charge is 0.308 e. The van der Waals surface area contributed by atoms with Gasteiger partial charge in [-0.25, -0.2) is 14.6 Å². The zero-order valence-electron chi connectivity index (χ0n) is 30.9. The zero-order chi connectivity index (χ0) is 39.3. The third-order valence-electron chi connectivity index (χ3n) is 10.9. The van der Waals surface area contributed by atoms with Gasteiger partial charge in [0.15, 0.2) is 11.4 Å². The number of carbonyl (C=O) groups is 2. The molecule has 1 aliphatic heterocycles. The van der Waals surface area contributed by atoms with Crippen molar-refractivity contribution >= 4 is 50.7 Å². The molecule has 0 saturated heterocycles. The van der Waals surface area contributed by atoms with Gasteiger partial charge in [0.1, 0.15) is 0 Å². The Morgan fingerprint density at radius 3 is 1.57 bits per heavy atom. The lowest BCUT2D eigenvalue weighted by Gasteiger charge is -2.24. The summed E-state index contributed by atoms with van der Waals surface area (Å²) < 4.78 is 2.06. The second-order valence-electron chi connectivity index (χ2n) is 14.2. The number of rotatable bonds is 6. The molecular weight excluding hydrogens is 713 g/mol. The van der Waals surface area contributed by atoms with Crippen LogP contribution in [0, 0.1) is 13.1 Å². The summed E-state index contributed by atoms with van der Waals surface area (Å²) in [5, 5.41) is 1.95. The van der Waals surface area contributed by atoms with Crippen LogP contribution < -0.4 is 4.90 Å². The molecule has 8 aromatic carbocycles. The van der Waals surface area contributed by atoms with Crippen LogP contribution in [0.1, 0.15) is 20.7 Å². The predicted octanol–water partition coefficient (Wildman–Crippen LogP) is 13.4. The summed E-state index contributed by atoms with van der Waals surface area (Å²) in [6.07, 6.45) is 0. The first kappa shape index (κ1) is 34.2. The number of anilines is 1. The minimum atomic E-state index is -0.411. The lowest BCUT2D eigenvalue weighted by Crippen LogP contribution is -2.30. The molecule has 0 bridgehead atoms. The molecule has 1 aliphatic rings. The van der Waals surface area contributed by atoms with Gasteiger partial charge in [-0.1, -0.05) is 146 Å². The van der Waals surface area contributed by atoms with E-state index in [1.807, 2.05) is 127 Å². The number of carbonyl (C=O) groups excluding carboxylic acids is 2. The second kappa shape index (κ2) is 13.8. The normalized spacial score (nSPS) is 12.1. The van der Waals surface area contributed by atoms with Crippen LogP contribution in [-0.2, 0) is 0 Å². The molecule has 0 radical (unpaired) electrons. The van der Waals surface area contributed by atoms with E-state index >= 15 is 4.79 Å². The Balaban J connectivity index is 1.22. The molecule has 0 unspecified atom stereocenters. The predicted molar refractivity (Wildman–Crippen MR) is 233 cm³/mol. The first-order valence-corrected chi connectivity index (χ1v) is 18.8. The van der Waals surface area contributed by atoms with E-state index in [2.05, 4.69) is 44.6 Å². The molecule has 9 aromatic rings. The number of hydrogen-bond donors (Lipinski definition) is 0. The van der Waals surface area contributed by atoms with E-state index in [1.165, 1.54) is 4.90 Å². The number of fused-ring (bicyclic) bond motifs is 4. The number of imide groups is 1. The van der Waals surface area contributed by atoms with Crippen molar-refractivity contribution in [3.8, 4) is 50.2 Å².